The number of nitrogens with one attached hydrogen (secondary N) is 2. The quantitative estimate of drug-likeness (QED) is 0.437. The van der Waals surface area contributed by atoms with Gasteiger partial charge in [-0.15, -0.1) is 4.99 Å². The maximum absolute atomic E-state index is 8.98. The number of aromatic nitrogens is 1. The molecule has 5 nitrogen and oxygen atoms in total. The Labute approximate surface area is 140 Å². The van der Waals surface area contributed by atoms with E-state index in [0.717, 1.165) is 22.2 Å². The Kier molecular flexibility index (Phi) is 4.68. The molecule has 1 aromatic heterocycles. The monoisotopic (exact) mass is 315 g/mol. The standard InChI is InChI=1S/C19H17N5/c1-14(15-7-3-2-4-8-15)23-19(22-13-20)24-18-11-5-10-17-16(18)9-6-12-21-17/h2-12,14H,1H3,(H2,22,23,24). The van der Waals surface area contributed by atoms with Gasteiger partial charge in [-0.1, -0.05) is 36.4 Å². The van der Waals surface area contributed by atoms with E-state index in [1.54, 1.807) is 6.20 Å². The highest BCUT2D eigenvalue weighted by atomic mass is 15.2. The van der Waals surface area contributed by atoms with Crippen molar-refractivity contribution in [2.24, 2.45) is 4.99 Å². The molecule has 1 heterocycles. The van der Waals surface area contributed by atoms with E-state index in [1.165, 1.54) is 0 Å². The molecule has 1 atom stereocenters. The van der Waals surface area contributed by atoms with E-state index in [0.29, 0.717) is 5.96 Å². The molecule has 0 spiro atoms. The van der Waals surface area contributed by atoms with Crippen LogP contribution in [0, 0.1) is 11.5 Å². The van der Waals surface area contributed by atoms with Gasteiger partial charge in [-0.25, -0.2) is 0 Å². The lowest BCUT2D eigenvalue weighted by Gasteiger charge is -2.18. The van der Waals surface area contributed by atoms with Crippen LogP contribution in [0.1, 0.15) is 18.5 Å². The maximum atomic E-state index is 8.98. The Morgan fingerprint density at radius 3 is 2.71 bits per heavy atom. The van der Waals surface area contributed by atoms with Gasteiger partial charge in [-0.05, 0) is 36.8 Å². The average molecular weight is 315 g/mol. The van der Waals surface area contributed by atoms with Crippen LogP contribution in [-0.2, 0) is 0 Å². The summed E-state index contributed by atoms with van der Waals surface area (Å²) in [6, 6.07) is 19.7. The lowest BCUT2D eigenvalue weighted by atomic mass is 10.1. The van der Waals surface area contributed by atoms with Crippen molar-refractivity contribution in [3.63, 3.8) is 0 Å². The highest BCUT2D eigenvalue weighted by Gasteiger charge is 2.09. The summed E-state index contributed by atoms with van der Waals surface area (Å²) in [4.78, 5) is 8.21. The van der Waals surface area contributed by atoms with Crippen molar-refractivity contribution in [3.8, 4) is 6.19 Å². The van der Waals surface area contributed by atoms with E-state index in [4.69, 9.17) is 5.26 Å². The molecule has 1 unspecified atom stereocenters. The molecule has 0 bridgehead atoms. The first-order valence-corrected chi connectivity index (χ1v) is 7.67. The topological polar surface area (TPSA) is 73.1 Å². The van der Waals surface area contributed by atoms with Crippen molar-refractivity contribution in [1.82, 2.24) is 10.3 Å². The van der Waals surface area contributed by atoms with Crippen molar-refractivity contribution in [2.45, 2.75) is 13.0 Å². The second-order valence-corrected chi connectivity index (χ2v) is 5.34. The number of anilines is 1. The molecule has 5 heteroatoms. The Balaban J connectivity index is 1.84. The number of fused-ring (bicyclic) bond motifs is 1. The molecule has 3 rings (SSSR count). The molecule has 0 aliphatic heterocycles. The summed E-state index contributed by atoms with van der Waals surface area (Å²) >= 11 is 0. The fourth-order valence-electron chi connectivity index (χ4n) is 2.52. The molecule has 2 N–H and O–H groups in total. The van der Waals surface area contributed by atoms with Gasteiger partial charge in [0.1, 0.15) is 0 Å². The summed E-state index contributed by atoms with van der Waals surface area (Å²) in [6.45, 7) is 2.02. The lowest BCUT2D eigenvalue weighted by Crippen LogP contribution is -2.32. The van der Waals surface area contributed by atoms with E-state index in [1.807, 2.05) is 73.8 Å². The number of hydrogen-bond donors (Lipinski definition) is 2. The van der Waals surface area contributed by atoms with Crippen LogP contribution in [0.3, 0.4) is 0 Å². The Morgan fingerprint density at radius 2 is 1.92 bits per heavy atom. The summed E-state index contributed by atoms with van der Waals surface area (Å²) in [5.74, 6) is 0.408. The van der Waals surface area contributed by atoms with E-state index in [2.05, 4.69) is 20.6 Å². The van der Waals surface area contributed by atoms with Crippen LogP contribution in [0.2, 0.25) is 0 Å². The summed E-state index contributed by atoms with van der Waals surface area (Å²) in [7, 11) is 0. The molecule has 2 aromatic carbocycles. The van der Waals surface area contributed by atoms with Gasteiger partial charge < -0.3 is 10.6 Å². The van der Waals surface area contributed by atoms with Gasteiger partial charge >= 0.3 is 0 Å². The highest BCUT2D eigenvalue weighted by Crippen LogP contribution is 2.21. The SMILES string of the molecule is CC(NC(=NC#N)Nc1cccc2ncccc12)c1ccccc1. The van der Waals surface area contributed by atoms with Crippen molar-refractivity contribution < 1.29 is 0 Å². The molecule has 0 fully saturated rings. The van der Waals surface area contributed by atoms with Gasteiger partial charge in [-0.3, -0.25) is 4.98 Å². The fraction of sp³-hybridized carbons (Fsp3) is 0.105. The zero-order valence-electron chi connectivity index (χ0n) is 13.3. The minimum absolute atomic E-state index is 0.0129. The van der Waals surface area contributed by atoms with E-state index in [9.17, 15) is 0 Å². The van der Waals surface area contributed by atoms with E-state index < -0.39 is 0 Å². The van der Waals surface area contributed by atoms with Gasteiger partial charge in [-0.2, -0.15) is 5.26 Å². The molecule has 0 amide bonds. The molecule has 3 aromatic rings. The van der Waals surface area contributed by atoms with Crippen molar-refractivity contribution in [3.05, 3.63) is 72.4 Å². The molecule has 0 aliphatic rings. The van der Waals surface area contributed by atoms with Crippen molar-refractivity contribution in [1.29, 1.82) is 5.26 Å². The Morgan fingerprint density at radius 1 is 1.08 bits per heavy atom. The third kappa shape index (κ3) is 3.50. The van der Waals surface area contributed by atoms with Gasteiger partial charge in [0, 0.05) is 11.6 Å². The number of pyridine rings is 1. The predicted octanol–water partition coefficient (Wildman–Crippen LogP) is 3.83. The third-order valence-corrected chi connectivity index (χ3v) is 3.71. The summed E-state index contributed by atoms with van der Waals surface area (Å²) in [5, 5.41) is 16.4. The Hall–Kier alpha value is -3.39. The van der Waals surface area contributed by atoms with Crippen LogP contribution in [0.4, 0.5) is 5.69 Å². The number of aliphatic imine (C=N–C) groups is 1. The van der Waals surface area contributed by atoms with Crippen LogP contribution in [0.5, 0.6) is 0 Å². The largest absolute Gasteiger partial charge is 0.349 e. The highest BCUT2D eigenvalue weighted by molar-refractivity contribution is 6.02. The number of rotatable bonds is 3. The minimum atomic E-state index is 0.0129. The normalized spacial score (nSPS) is 12.4. The maximum Gasteiger partial charge on any atom is 0.212 e. The smallest absolute Gasteiger partial charge is 0.212 e. The number of nitriles is 1. The number of nitrogens with zero attached hydrogens (tertiary/aromatic N) is 3. The number of hydrogen-bond acceptors (Lipinski definition) is 3. The van der Waals surface area contributed by atoms with E-state index >= 15 is 0 Å². The average Bonchev–Trinajstić information content (AvgIpc) is 2.63. The zero-order valence-corrected chi connectivity index (χ0v) is 13.3. The summed E-state index contributed by atoms with van der Waals surface area (Å²) < 4.78 is 0. The molecule has 118 valence electrons. The fourth-order valence-corrected chi connectivity index (χ4v) is 2.52. The van der Waals surface area contributed by atoms with Crippen LogP contribution in [-0.4, -0.2) is 10.9 Å². The second kappa shape index (κ2) is 7.25. The van der Waals surface area contributed by atoms with Crippen LogP contribution < -0.4 is 10.6 Å². The second-order valence-electron chi connectivity index (χ2n) is 5.34. The summed E-state index contributed by atoms with van der Waals surface area (Å²) in [6.07, 6.45) is 3.60. The van der Waals surface area contributed by atoms with Gasteiger partial charge in [0.05, 0.1) is 17.2 Å². The Bertz CT molecular complexity index is 891. The molecule has 24 heavy (non-hydrogen) atoms. The van der Waals surface area contributed by atoms with Gasteiger partial charge in [0.25, 0.3) is 0 Å². The van der Waals surface area contributed by atoms with Crippen LogP contribution in [0.15, 0.2) is 71.9 Å². The number of guanidine groups is 1. The molecular formula is C19H17N5. The minimum Gasteiger partial charge on any atom is -0.349 e. The van der Waals surface area contributed by atoms with Crippen molar-refractivity contribution in [2.75, 3.05) is 5.32 Å². The van der Waals surface area contributed by atoms with Gasteiger partial charge in [0.2, 0.25) is 12.2 Å². The molecule has 0 saturated carbocycles. The van der Waals surface area contributed by atoms with Crippen LogP contribution >= 0.6 is 0 Å². The molecule has 0 saturated heterocycles. The third-order valence-electron chi connectivity index (χ3n) is 3.71. The summed E-state index contributed by atoms with van der Waals surface area (Å²) in [5.41, 5.74) is 2.85. The first-order valence-electron chi connectivity index (χ1n) is 7.67. The lowest BCUT2D eigenvalue weighted by molar-refractivity contribution is 0.715. The zero-order chi connectivity index (χ0) is 16.8. The number of benzene rings is 2. The molecule has 0 radical (unpaired) electrons. The first kappa shape index (κ1) is 15.5. The van der Waals surface area contributed by atoms with Crippen molar-refractivity contribution >= 4 is 22.5 Å². The molecule has 0 aliphatic carbocycles. The van der Waals surface area contributed by atoms with E-state index in [-0.39, 0.29) is 6.04 Å². The first-order chi connectivity index (χ1) is 11.8. The van der Waals surface area contributed by atoms with Crippen LogP contribution in [0.25, 0.3) is 10.9 Å². The predicted molar refractivity (Wildman–Crippen MR) is 96.4 cm³/mol. The van der Waals surface area contributed by atoms with Gasteiger partial charge in [0.15, 0.2) is 0 Å². The molecular weight excluding hydrogens is 298 g/mol.